The Labute approximate surface area is 187 Å². The molecule has 0 aliphatic rings. The van der Waals surface area contributed by atoms with Gasteiger partial charge in [-0.05, 0) is 55.7 Å². The number of nitrogens with one attached hydrogen (secondary N) is 1. The fraction of sp³-hybridized carbons (Fsp3) is 0.391. The second-order valence-electron chi connectivity index (χ2n) is 5.21. The fourth-order valence-corrected chi connectivity index (χ4v) is 1.57. The molecular formula is C23H37N3O3S. The number of aryl methyl sites for hydroxylation is 1. The number of hydrogen-bond acceptors (Lipinski definition) is 7. The third-order valence-electron chi connectivity index (χ3n) is 2.97. The van der Waals surface area contributed by atoms with E-state index in [-0.39, 0.29) is 5.75 Å². The van der Waals surface area contributed by atoms with Crippen LogP contribution in [0, 0.1) is 6.92 Å². The first kappa shape index (κ1) is 29.7. The summed E-state index contributed by atoms with van der Waals surface area (Å²) in [6.45, 7) is 10.9. The molecule has 0 spiro atoms. The van der Waals surface area contributed by atoms with Crippen molar-refractivity contribution in [2.45, 2.75) is 34.6 Å². The summed E-state index contributed by atoms with van der Waals surface area (Å²) in [7, 11) is 3.59. The Bertz CT molecular complexity index is 718. The highest BCUT2D eigenvalue weighted by Crippen LogP contribution is 2.19. The van der Waals surface area contributed by atoms with E-state index in [1.165, 1.54) is 0 Å². The summed E-state index contributed by atoms with van der Waals surface area (Å²) in [6, 6.07) is 16.3. The van der Waals surface area contributed by atoms with Crippen LogP contribution in [0.1, 0.15) is 33.6 Å². The van der Waals surface area contributed by atoms with E-state index in [0.717, 1.165) is 23.6 Å². The maximum absolute atomic E-state index is 9.04. The van der Waals surface area contributed by atoms with Crippen LogP contribution in [0.4, 0.5) is 0 Å². The lowest BCUT2D eigenvalue weighted by Crippen LogP contribution is -2.01. The van der Waals surface area contributed by atoms with Gasteiger partial charge >= 0.3 is 0 Å². The van der Waals surface area contributed by atoms with Gasteiger partial charge in [0.2, 0.25) is 11.8 Å². The van der Waals surface area contributed by atoms with Gasteiger partial charge in [0.1, 0.15) is 11.5 Å². The van der Waals surface area contributed by atoms with Gasteiger partial charge in [0.15, 0.2) is 0 Å². The lowest BCUT2D eigenvalue weighted by atomic mass is 10.2. The topological polar surface area (TPSA) is 80.4 Å². The van der Waals surface area contributed by atoms with Crippen LogP contribution in [0.2, 0.25) is 0 Å². The van der Waals surface area contributed by atoms with E-state index < -0.39 is 0 Å². The van der Waals surface area contributed by atoms with Gasteiger partial charge in [-0.3, -0.25) is 0 Å². The van der Waals surface area contributed by atoms with Crippen molar-refractivity contribution in [2.24, 2.45) is 0 Å². The highest BCUT2D eigenvalue weighted by atomic mass is 32.1. The first-order chi connectivity index (χ1) is 14.5. The van der Waals surface area contributed by atoms with Crippen LogP contribution in [-0.4, -0.2) is 41.8 Å². The van der Waals surface area contributed by atoms with E-state index in [1.54, 1.807) is 38.3 Å². The van der Waals surface area contributed by atoms with Gasteiger partial charge in [-0.2, -0.15) is 12.6 Å². The molecule has 0 radical (unpaired) electrons. The predicted octanol–water partition coefficient (Wildman–Crippen LogP) is 5.63. The van der Waals surface area contributed by atoms with Crippen molar-refractivity contribution in [3.63, 3.8) is 0 Å². The lowest BCUT2D eigenvalue weighted by Gasteiger charge is -1.93. The molecule has 3 rings (SSSR count). The molecule has 0 saturated carbocycles. The minimum absolute atomic E-state index is 0.222. The Morgan fingerprint density at radius 1 is 1.00 bits per heavy atom. The van der Waals surface area contributed by atoms with E-state index in [4.69, 9.17) is 14.3 Å². The molecule has 1 heterocycles. The molecule has 0 unspecified atom stereocenters. The van der Waals surface area contributed by atoms with E-state index in [0.29, 0.717) is 11.8 Å². The SMILES string of the molecule is CC.CCNC.CCS.COc1ccccc1.Cc1nnc(-c2ccc(O)cc2)o1. The van der Waals surface area contributed by atoms with Crippen molar-refractivity contribution >= 4 is 12.6 Å². The third-order valence-corrected chi connectivity index (χ3v) is 2.97. The summed E-state index contributed by atoms with van der Waals surface area (Å²) in [5, 5.41) is 19.5. The van der Waals surface area contributed by atoms with Gasteiger partial charge in [0.05, 0.1) is 7.11 Å². The maximum atomic E-state index is 9.04. The average molecular weight is 436 g/mol. The van der Waals surface area contributed by atoms with Crippen molar-refractivity contribution in [3.8, 4) is 23.0 Å². The number of para-hydroxylation sites is 1. The Balaban J connectivity index is 0. The largest absolute Gasteiger partial charge is 0.508 e. The number of hydrogen-bond donors (Lipinski definition) is 3. The van der Waals surface area contributed by atoms with Gasteiger partial charge in [-0.15, -0.1) is 10.2 Å². The van der Waals surface area contributed by atoms with E-state index in [1.807, 2.05) is 58.2 Å². The molecule has 2 N–H and O–H groups in total. The molecule has 7 heteroatoms. The molecule has 0 aliphatic carbocycles. The number of methoxy groups -OCH3 is 1. The number of aromatic nitrogens is 2. The fourth-order valence-electron chi connectivity index (χ4n) is 1.57. The van der Waals surface area contributed by atoms with Gasteiger partial charge in [0, 0.05) is 12.5 Å². The quantitative estimate of drug-likeness (QED) is 0.462. The average Bonchev–Trinajstić information content (AvgIpc) is 3.23. The molecule has 168 valence electrons. The van der Waals surface area contributed by atoms with E-state index in [9.17, 15) is 0 Å². The first-order valence-corrected chi connectivity index (χ1v) is 10.6. The van der Waals surface area contributed by atoms with Crippen molar-refractivity contribution in [3.05, 3.63) is 60.5 Å². The summed E-state index contributed by atoms with van der Waals surface area (Å²) < 4.78 is 10.1. The molecule has 0 fully saturated rings. The molecule has 0 bridgehead atoms. The number of benzene rings is 2. The summed E-state index contributed by atoms with van der Waals surface area (Å²) in [4.78, 5) is 0. The van der Waals surface area contributed by atoms with Crippen LogP contribution >= 0.6 is 12.6 Å². The Kier molecular flexibility index (Phi) is 21.0. The molecule has 0 amide bonds. The highest BCUT2D eigenvalue weighted by molar-refractivity contribution is 7.80. The third kappa shape index (κ3) is 15.4. The number of rotatable bonds is 3. The van der Waals surface area contributed by atoms with Gasteiger partial charge in [0.25, 0.3) is 0 Å². The monoisotopic (exact) mass is 435 g/mol. The van der Waals surface area contributed by atoms with Crippen LogP contribution in [0.5, 0.6) is 11.5 Å². The van der Waals surface area contributed by atoms with Crippen molar-refractivity contribution < 1.29 is 14.3 Å². The molecule has 2 aromatic carbocycles. The number of ether oxygens (including phenoxy) is 1. The number of aromatic hydroxyl groups is 1. The Morgan fingerprint density at radius 2 is 1.50 bits per heavy atom. The molecular weight excluding hydrogens is 398 g/mol. The summed E-state index contributed by atoms with van der Waals surface area (Å²) in [5.74, 6) is 3.08. The highest BCUT2D eigenvalue weighted by Gasteiger charge is 2.04. The summed E-state index contributed by atoms with van der Waals surface area (Å²) in [6.07, 6.45) is 0. The van der Waals surface area contributed by atoms with Crippen LogP contribution in [0.25, 0.3) is 11.5 Å². The Morgan fingerprint density at radius 3 is 1.83 bits per heavy atom. The molecule has 0 saturated heterocycles. The van der Waals surface area contributed by atoms with Crippen molar-refractivity contribution in [1.82, 2.24) is 15.5 Å². The van der Waals surface area contributed by atoms with Gasteiger partial charge in [-0.25, -0.2) is 0 Å². The zero-order chi connectivity index (χ0) is 23.2. The minimum atomic E-state index is 0.222. The summed E-state index contributed by atoms with van der Waals surface area (Å²) >= 11 is 3.79. The standard InChI is InChI=1S/C9H8N2O2.C7H8O.C3H9N.C2H6S.C2H6/c1-6-10-11-9(13-6)7-2-4-8(12)5-3-7;1-8-7-5-3-2-4-6-7;1-3-4-2;1-2-3;1-2/h2-5,12H,1H3;2-6H,1H3;4H,3H2,1-2H3;3H,2H2,1H3;1-2H3. The van der Waals surface area contributed by atoms with E-state index in [2.05, 4.69) is 35.1 Å². The second kappa shape index (κ2) is 21.2. The van der Waals surface area contributed by atoms with Crippen LogP contribution < -0.4 is 10.1 Å². The van der Waals surface area contributed by atoms with Crippen LogP contribution in [0.3, 0.4) is 0 Å². The number of phenols is 1. The molecule has 3 aromatic rings. The van der Waals surface area contributed by atoms with Crippen molar-refractivity contribution in [1.29, 1.82) is 0 Å². The molecule has 30 heavy (non-hydrogen) atoms. The zero-order valence-corrected chi connectivity index (χ0v) is 20.1. The minimum Gasteiger partial charge on any atom is -0.508 e. The number of nitrogens with zero attached hydrogens (tertiary/aromatic N) is 2. The number of phenolic OH excluding ortho intramolecular Hbond substituents is 1. The van der Waals surface area contributed by atoms with Crippen LogP contribution in [-0.2, 0) is 0 Å². The predicted molar refractivity (Wildman–Crippen MR) is 130 cm³/mol. The number of thiol groups is 1. The maximum Gasteiger partial charge on any atom is 0.247 e. The molecule has 0 aliphatic heterocycles. The van der Waals surface area contributed by atoms with E-state index >= 15 is 0 Å². The first-order valence-electron chi connectivity index (χ1n) is 9.96. The second-order valence-corrected chi connectivity index (χ2v) is 5.85. The molecule has 6 nitrogen and oxygen atoms in total. The van der Waals surface area contributed by atoms with Gasteiger partial charge < -0.3 is 19.6 Å². The smallest absolute Gasteiger partial charge is 0.247 e. The van der Waals surface area contributed by atoms with Crippen LogP contribution in [0.15, 0.2) is 59.0 Å². The molecule has 0 atom stereocenters. The zero-order valence-electron chi connectivity index (χ0n) is 19.2. The normalized spacial score (nSPS) is 8.53. The summed E-state index contributed by atoms with van der Waals surface area (Å²) in [5.41, 5.74) is 0.804. The van der Waals surface area contributed by atoms with Gasteiger partial charge in [-0.1, -0.05) is 45.9 Å². The Hall–Kier alpha value is -2.51. The lowest BCUT2D eigenvalue weighted by molar-refractivity contribution is 0.415. The van der Waals surface area contributed by atoms with Crippen molar-refractivity contribution in [2.75, 3.05) is 26.5 Å². The molecule has 1 aromatic heterocycles.